The van der Waals surface area contributed by atoms with E-state index in [0.29, 0.717) is 5.75 Å². The molecule has 0 spiro atoms. The molecule has 3 rings (SSSR count). The molecule has 3 aromatic rings. The highest BCUT2D eigenvalue weighted by atomic mass is 35.5. The van der Waals surface area contributed by atoms with Gasteiger partial charge in [-0.25, -0.2) is 13.6 Å². The quantitative estimate of drug-likeness (QED) is 0.603. The smallest absolute Gasteiger partial charge is 0.341 e. The van der Waals surface area contributed by atoms with Crippen LogP contribution in [0.2, 0.25) is 5.02 Å². The van der Waals surface area contributed by atoms with Gasteiger partial charge in [-0.1, -0.05) is 16.8 Å². The van der Waals surface area contributed by atoms with Gasteiger partial charge in [0.2, 0.25) is 5.82 Å². The van der Waals surface area contributed by atoms with Crippen LogP contribution in [0.3, 0.4) is 0 Å². The van der Waals surface area contributed by atoms with Crippen LogP contribution in [0.5, 0.6) is 5.75 Å². The van der Waals surface area contributed by atoms with Crippen molar-refractivity contribution in [3.8, 4) is 5.75 Å². The van der Waals surface area contributed by atoms with Crippen LogP contribution in [-0.2, 0) is 18.0 Å². The van der Waals surface area contributed by atoms with Crippen LogP contribution in [0.15, 0.2) is 47.0 Å². The predicted molar refractivity (Wildman–Crippen MR) is 85.6 cm³/mol. The largest absolute Gasteiger partial charge is 0.485 e. The van der Waals surface area contributed by atoms with Gasteiger partial charge in [-0.15, -0.1) is 0 Å². The third-order valence-corrected chi connectivity index (χ3v) is 3.40. The van der Waals surface area contributed by atoms with Crippen molar-refractivity contribution in [2.75, 3.05) is 0 Å². The van der Waals surface area contributed by atoms with Gasteiger partial charge in [-0.05, 0) is 42.5 Å². The van der Waals surface area contributed by atoms with E-state index < -0.39 is 11.8 Å². The maximum absolute atomic E-state index is 13.6. The average Bonchev–Trinajstić information content (AvgIpc) is 3.09. The fourth-order valence-electron chi connectivity index (χ4n) is 1.95. The number of hydrogen-bond donors (Lipinski definition) is 0. The first kappa shape index (κ1) is 17.8. The van der Waals surface area contributed by atoms with E-state index in [1.807, 2.05) is 0 Å². The molecular formula is C17H11ClF2N2O4. The lowest BCUT2D eigenvalue weighted by atomic mass is 10.2. The Morgan fingerprint density at radius 2 is 1.88 bits per heavy atom. The Bertz CT molecular complexity index is 915. The Labute approximate surface area is 151 Å². The Morgan fingerprint density at radius 3 is 2.65 bits per heavy atom. The molecule has 1 heterocycles. The number of esters is 1. The normalized spacial score (nSPS) is 10.6. The number of nitrogens with zero attached hydrogens (tertiary/aromatic N) is 2. The Morgan fingerprint density at radius 1 is 1.12 bits per heavy atom. The first-order chi connectivity index (χ1) is 12.5. The minimum absolute atomic E-state index is 0.0125. The standard InChI is InChI=1S/C17H11ClF2N2O4/c18-10-1-6-14(20)13(7-10)17(23)25-9-16-21-15(22-26-16)8-24-12-4-2-11(19)3-5-12/h1-7H,8-9H2. The molecule has 0 aliphatic carbocycles. The molecule has 0 saturated carbocycles. The summed E-state index contributed by atoms with van der Waals surface area (Å²) in [5.74, 6) is -1.39. The van der Waals surface area contributed by atoms with Crippen LogP contribution < -0.4 is 4.74 Å². The number of rotatable bonds is 6. The number of aromatic nitrogens is 2. The lowest BCUT2D eigenvalue weighted by Crippen LogP contribution is -2.08. The summed E-state index contributed by atoms with van der Waals surface area (Å²) in [7, 11) is 0. The van der Waals surface area contributed by atoms with E-state index >= 15 is 0 Å². The molecule has 6 nitrogen and oxygen atoms in total. The molecule has 0 amide bonds. The highest BCUT2D eigenvalue weighted by Gasteiger charge is 2.16. The SMILES string of the molecule is O=C(OCc1nc(COc2ccc(F)cc2)no1)c1cc(Cl)ccc1F. The summed E-state index contributed by atoms with van der Waals surface area (Å²) in [5.41, 5.74) is -0.295. The lowest BCUT2D eigenvalue weighted by molar-refractivity contribution is 0.0424. The van der Waals surface area contributed by atoms with Crippen molar-refractivity contribution in [2.24, 2.45) is 0 Å². The minimum Gasteiger partial charge on any atom is -0.485 e. The van der Waals surface area contributed by atoms with Gasteiger partial charge in [0.25, 0.3) is 5.89 Å². The summed E-state index contributed by atoms with van der Waals surface area (Å²) in [6, 6.07) is 8.97. The molecular weight excluding hydrogens is 370 g/mol. The number of benzene rings is 2. The monoisotopic (exact) mass is 380 g/mol. The molecule has 2 aromatic carbocycles. The van der Waals surface area contributed by atoms with Crippen molar-refractivity contribution in [3.05, 3.63) is 76.4 Å². The number of hydrogen-bond acceptors (Lipinski definition) is 6. The van der Waals surface area contributed by atoms with E-state index in [0.717, 1.165) is 12.1 Å². The molecule has 0 bridgehead atoms. The van der Waals surface area contributed by atoms with Gasteiger partial charge < -0.3 is 14.0 Å². The predicted octanol–water partition coefficient (Wildman–Crippen LogP) is 3.94. The highest BCUT2D eigenvalue weighted by Crippen LogP contribution is 2.17. The van der Waals surface area contributed by atoms with Gasteiger partial charge in [0.1, 0.15) is 17.4 Å². The number of carbonyl (C=O) groups is 1. The summed E-state index contributed by atoms with van der Waals surface area (Å²) < 4.78 is 41.6. The minimum atomic E-state index is -0.910. The van der Waals surface area contributed by atoms with E-state index in [9.17, 15) is 13.6 Å². The fourth-order valence-corrected chi connectivity index (χ4v) is 2.12. The lowest BCUT2D eigenvalue weighted by Gasteiger charge is -2.03. The summed E-state index contributed by atoms with van der Waals surface area (Å²) >= 11 is 5.73. The maximum Gasteiger partial charge on any atom is 0.341 e. The van der Waals surface area contributed by atoms with Crippen molar-refractivity contribution in [1.82, 2.24) is 10.1 Å². The fraction of sp³-hybridized carbons (Fsp3) is 0.118. The maximum atomic E-state index is 13.6. The second kappa shape index (κ2) is 7.92. The molecule has 0 aliphatic heterocycles. The van der Waals surface area contributed by atoms with Gasteiger partial charge >= 0.3 is 5.97 Å². The molecule has 134 valence electrons. The Balaban J connectivity index is 1.54. The zero-order chi connectivity index (χ0) is 18.5. The summed E-state index contributed by atoms with van der Waals surface area (Å²) in [6.07, 6.45) is 0. The van der Waals surface area contributed by atoms with E-state index in [2.05, 4.69) is 10.1 Å². The molecule has 9 heteroatoms. The van der Waals surface area contributed by atoms with Crippen LogP contribution in [-0.4, -0.2) is 16.1 Å². The zero-order valence-electron chi connectivity index (χ0n) is 13.1. The summed E-state index contributed by atoms with van der Waals surface area (Å²) in [4.78, 5) is 15.8. The van der Waals surface area contributed by atoms with Gasteiger partial charge in [0.05, 0.1) is 5.56 Å². The van der Waals surface area contributed by atoms with Gasteiger partial charge in [-0.2, -0.15) is 4.98 Å². The van der Waals surface area contributed by atoms with Crippen molar-refractivity contribution < 1.29 is 27.6 Å². The second-order valence-electron chi connectivity index (χ2n) is 5.05. The Kier molecular flexibility index (Phi) is 5.43. The first-order valence-electron chi connectivity index (χ1n) is 7.33. The molecule has 0 fully saturated rings. The molecule has 0 atom stereocenters. The van der Waals surface area contributed by atoms with Crippen LogP contribution in [0, 0.1) is 11.6 Å². The molecule has 0 saturated heterocycles. The van der Waals surface area contributed by atoms with E-state index in [1.165, 1.54) is 30.3 Å². The molecule has 0 aliphatic rings. The van der Waals surface area contributed by atoms with Gasteiger partial charge in [-0.3, -0.25) is 0 Å². The first-order valence-corrected chi connectivity index (χ1v) is 7.71. The van der Waals surface area contributed by atoms with Gasteiger partial charge in [0, 0.05) is 5.02 Å². The second-order valence-corrected chi connectivity index (χ2v) is 5.48. The summed E-state index contributed by atoms with van der Waals surface area (Å²) in [5, 5.41) is 3.86. The molecule has 0 N–H and O–H groups in total. The van der Waals surface area contributed by atoms with Crippen molar-refractivity contribution in [1.29, 1.82) is 0 Å². The zero-order valence-corrected chi connectivity index (χ0v) is 13.9. The van der Waals surface area contributed by atoms with Crippen LogP contribution in [0.25, 0.3) is 0 Å². The van der Waals surface area contributed by atoms with E-state index in [-0.39, 0.29) is 41.3 Å². The Hall–Kier alpha value is -3.00. The van der Waals surface area contributed by atoms with Gasteiger partial charge in [0.15, 0.2) is 13.2 Å². The van der Waals surface area contributed by atoms with Crippen LogP contribution >= 0.6 is 11.6 Å². The molecule has 0 radical (unpaired) electrons. The van der Waals surface area contributed by atoms with Crippen molar-refractivity contribution in [3.63, 3.8) is 0 Å². The number of halogens is 3. The molecule has 26 heavy (non-hydrogen) atoms. The molecule has 1 aromatic heterocycles. The van der Waals surface area contributed by atoms with Crippen LogP contribution in [0.1, 0.15) is 22.1 Å². The van der Waals surface area contributed by atoms with Crippen LogP contribution in [0.4, 0.5) is 8.78 Å². The number of carbonyl (C=O) groups excluding carboxylic acids is 1. The van der Waals surface area contributed by atoms with E-state index in [4.69, 9.17) is 25.6 Å². The summed E-state index contributed by atoms with van der Waals surface area (Å²) in [6.45, 7) is -0.361. The molecule has 0 unspecified atom stereocenters. The third-order valence-electron chi connectivity index (χ3n) is 3.17. The van der Waals surface area contributed by atoms with E-state index in [1.54, 1.807) is 0 Å². The topological polar surface area (TPSA) is 74.5 Å². The highest BCUT2D eigenvalue weighted by molar-refractivity contribution is 6.30. The van der Waals surface area contributed by atoms with Crippen molar-refractivity contribution >= 4 is 17.6 Å². The average molecular weight is 381 g/mol. The van der Waals surface area contributed by atoms with Crippen molar-refractivity contribution in [2.45, 2.75) is 13.2 Å². The number of ether oxygens (including phenoxy) is 2. The third kappa shape index (κ3) is 4.54.